The number of amides is 1. The molecule has 2 aromatic rings. The molecule has 0 saturated heterocycles. The maximum Gasteiger partial charge on any atom is 0.407 e. The fourth-order valence-electron chi connectivity index (χ4n) is 3.13. The molecule has 3 rings (SSSR count). The lowest BCUT2D eigenvalue weighted by Crippen LogP contribution is -2.34. The number of pyridine rings is 1. The third kappa shape index (κ3) is 5.33. The van der Waals surface area contributed by atoms with Crippen LogP contribution in [-0.2, 0) is 11.3 Å². The van der Waals surface area contributed by atoms with Crippen molar-refractivity contribution in [1.82, 2.24) is 10.3 Å². The molecule has 1 saturated carbocycles. The quantitative estimate of drug-likeness (QED) is 0.724. The zero-order chi connectivity index (χ0) is 19.9. The summed E-state index contributed by atoms with van der Waals surface area (Å²) < 4.78 is 19.5. The minimum atomic E-state index is -0.611. The van der Waals surface area contributed by atoms with Crippen LogP contribution in [0, 0.1) is 17.1 Å². The van der Waals surface area contributed by atoms with E-state index in [-0.39, 0.29) is 28.7 Å². The lowest BCUT2D eigenvalue weighted by atomic mass is 9.93. The first-order valence-electron chi connectivity index (χ1n) is 9.06. The fraction of sp³-hybridized carbons (Fsp3) is 0.350. The molecule has 1 fully saturated rings. The Balaban J connectivity index is 1.44. The molecule has 0 unspecified atom stereocenters. The molecule has 0 atom stereocenters. The largest absolute Gasteiger partial charge is 0.446 e. The molecule has 146 valence electrons. The summed E-state index contributed by atoms with van der Waals surface area (Å²) in [6, 6.07) is 12.5. The summed E-state index contributed by atoms with van der Waals surface area (Å²) in [5, 5.41) is 14.6. The zero-order valence-corrected chi connectivity index (χ0v) is 15.9. The van der Waals surface area contributed by atoms with E-state index in [1.54, 1.807) is 6.07 Å². The predicted octanol–water partition coefficient (Wildman–Crippen LogP) is 4.40. The standard InChI is InChI=1S/C20H20ClFN4O2/c21-18-14(11-23)10-17(22)19(26-18)25-15-6-8-16(9-7-15)28-20(27)24-12-13-4-2-1-3-5-13/h1-5,10,15-16H,6-9,12H2,(H,24,27)(H,25,26). The summed E-state index contributed by atoms with van der Waals surface area (Å²) in [6.07, 6.45) is 2.14. The Labute approximate surface area is 167 Å². The van der Waals surface area contributed by atoms with Crippen LogP contribution in [0.2, 0.25) is 5.15 Å². The third-order valence-electron chi connectivity index (χ3n) is 4.62. The molecule has 0 bridgehead atoms. The van der Waals surface area contributed by atoms with Gasteiger partial charge in [0.1, 0.15) is 17.3 Å². The average Bonchev–Trinajstić information content (AvgIpc) is 2.71. The summed E-state index contributed by atoms with van der Waals surface area (Å²) >= 11 is 5.87. The molecule has 28 heavy (non-hydrogen) atoms. The number of aromatic nitrogens is 1. The lowest BCUT2D eigenvalue weighted by molar-refractivity contribution is 0.0728. The number of alkyl carbamates (subject to hydrolysis) is 1. The highest BCUT2D eigenvalue weighted by Gasteiger charge is 2.25. The third-order valence-corrected chi connectivity index (χ3v) is 4.91. The van der Waals surface area contributed by atoms with Crippen LogP contribution in [0.1, 0.15) is 36.8 Å². The fourth-order valence-corrected chi connectivity index (χ4v) is 3.31. The predicted molar refractivity (Wildman–Crippen MR) is 103 cm³/mol. The number of hydrogen-bond acceptors (Lipinski definition) is 5. The van der Waals surface area contributed by atoms with Crippen LogP contribution in [0.15, 0.2) is 36.4 Å². The van der Waals surface area contributed by atoms with Crippen LogP contribution < -0.4 is 10.6 Å². The summed E-state index contributed by atoms with van der Waals surface area (Å²) in [5.74, 6) is -0.575. The first-order chi connectivity index (χ1) is 13.5. The molecular formula is C20H20ClFN4O2. The molecular weight excluding hydrogens is 383 g/mol. The maximum absolute atomic E-state index is 14.0. The number of halogens is 2. The SMILES string of the molecule is N#Cc1cc(F)c(NC2CCC(OC(=O)NCc3ccccc3)CC2)nc1Cl. The van der Waals surface area contributed by atoms with Crippen LogP contribution in [0.4, 0.5) is 15.0 Å². The van der Waals surface area contributed by atoms with E-state index in [2.05, 4.69) is 15.6 Å². The van der Waals surface area contributed by atoms with Crippen molar-refractivity contribution in [3.8, 4) is 6.07 Å². The molecule has 0 spiro atoms. The van der Waals surface area contributed by atoms with Gasteiger partial charge in [-0.15, -0.1) is 0 Å². The smallest absolute Gasteiger partial charge is 0.407 e. The Morgan fingerprint density at radius 1 is 1.29 bits per heavy atom. The highest BCUT2D eigenvalue weighted by molar-refractivity contribution is 6.30. The molecule has 6 nitrogen and oxygen atoms in total. The van der Waals surface area contributed by atoms with Gasteiger partial charge in [0.2, 0.25) is 0 Å². The van der Waals surface area contributed by atoms with E-state index in [1.807, 2.05) is 30.3 Å². The molecule has 8 heteroatoms. The zero-order valence-electron chi connectivity index (χ0n) is 15.1. The summed E-state index contributed by atoms with van der Waals surface area (Å²) in [6.45, 7) is 0.418. The van der Waals surface area contributed by atoms with Crippen molar-refractivity contribution in [2.45, 2.75) is 44.4 Å². The van der Waals surface area contributed by atoms with Crippen LogP contribution in [0.25, 0.3) is 0 Å². The summed E-state index contributed by atoms with van der Waals surface area (Å²) in [4.78, 5) is 15.9. The van der Waals surface area contributed by atoms with Crippen molar-refractivity contribution in [3.63, 3.8) is 0 Å². The van der Waals surface area contributed by atoms with E-state index in [4.69, 9.17) is 21.6 Å². The lowest BCUT2D eigenvalue weighted by Gasteiger charge is -2.29. The number of nitrogens with zero attached hydrogens (tertiary/aromatic N) is 2. The molecule has 1 aliphatic rings. The maximum atomic E-state index is 14.0. The number of benzene rings is 1. The number of carbonyl (C=O) groups excluding carboxylic acids is 1. The normalized spacial score (nSPS) is 18.8. The van der Waals surface area contributed by atoms with Gasteiger partial charge in [-0.3, -0.25) is 0 Å². The number of anilines is 1. The Bertz CT molecular complexity index is 864. The number of hydrogen-bond donors (Lipinski definition) is 2. The van der Waals surface area contributed by atoms with Crippen LogP contribution in [-0.4, -0.2) is 23.2 Å². The van der Waals surface area contributed by atoms with Gasteiger partial charge in [-0.25, -0.2) is 14.2 Å². The van der Waals surface area contributed by atoms with Gasteiger partial charge in [0.15, 0.2) is 11.6 Å². The molecule has 1 aliphatic carbocycles. The molecule has 0 aliphatic heterocycles. The minimum absolute atomic E-state index is 0.00164. The highest BCUT2D eigenvalue weighted by Crippen LogP contribution is 2.26. The Hall–Kier alpha value is -2.85. The van der Waals surface area contributed by atoms with Gasteiger partial charge in [0, 0.05) is 12.6 Å². The number of carbonyl (C=O) groups is 1. The van der Waals surface area contributed by atoms with Crippen molar-refractivity contribution in [2.24, 2.45) is 0 Å². The van der Waals surface area contributed by atoms with E-state index in [1.165, 1.54) is 0 Å². The molecule has 1 amide bonds. The van der Waals surface area contributed by atoms with Crippen molar-refractivity contribution in [3.05, 3.63) is 58.5 Å². The second-order valence-electron chi connectivity index (χ2n) is 6.63. The minimum Gasteiger partial charge on any atom is -0.446 e. The number of rotatable bonds is 5. The van der Waals surface area contributed by atoms with Crippen molar-refractivity contribution < 1.29 is 13.9 Å². The second-order valence-corrected chi connectivity index (χ2v) is 6.99. The number of nitriles is 1. The first-order valence-corrected chi connectivity index (χ1v) is 9.44. The Morgan fingerprint density at radius 3 is 2.68 bits per heavy atom. The average molecular weight is 403 g/mol. The topological polar surface area (TPSA) is 87.0 Å². The van der Waals surface area contributed by atoms with Gasteiger partial charge in [0.05, 0.1) is 5.56 Å². The molecule has 1 aromatic heterocycles. The van der Waals surface area contributed by atoms with Crippen molar-refractivity contribution >= 4 is 23.5 Å². The van der Waals surface area contributed by atoms with Crippen LogP contribution >= 0.6 is 11.6 Å². The van der Waals surface area contributed by atoms with E-state index < -0.39 is 11.9 Å². The second kappa shape index (κ2) is 9.38. The Morgan fingerprint density at radius 2 is 2.00 bits per heavy atom. The van der Waals surface area contributed by atoms with Gasteiger partial charge in [0.25, 0.3) is 0 Å². The Kier molecular flexibility index (Phi) is 6.66. The van der Waals surface area contributed by atoms with Gasteiger partial charge in [-0.1, -0.05) is 41.9 Å². The molecule has 1 aromatic carbocycles. The van der Waals surface area contributed by atoms with Crippen molar-refractivity contribution in [1.29, 1.82) is 5.26 Å². The highest BCUT2D eigenvalue weighted by atomic mass is 35.5. The van der Waals surface area contributed by atoms with E-state index in [0.29, 0.717) is 32.2 Å². The van der Waals surface area contributed by atoms with E-state index in [0.717, 1.165) is 11.6 Å². The number of ether oxygens (including phenoxy) is 1. The molecule has 2 N–H and O–H groups in total. The van der Waals surface area contributed by atoms with Gasteiger partial charge in [-0.05, 0) is 37.3 Å². The van der Waals surface area contributed by atoms with E-state index in [9.17, 15) is 9.18 Å². The van der Waals surface area contributed by atoms with Crippen LogP contribution in [0.5, 0.6) is 0 Å². The van der Waals surface area contributed by atoms with E-state index >= 15 is 0 Å². The molecule has 0 radical (unpaired) electrons. The van der Waals surface area contributed by atoms with Gasteiger partial charge < -0.3 is 15.4 Å². The summed E-state index contributed by atoms with van der Waals surface area (Å²) in [5.41, 5.74) is 1.01. The van der Waals surface area contributed by atoms with Crippen molar-refractivity contribution in [2.75, 3.05) is 5.32 Å². The van der Waals surface area contributed by atoms with Gasteiger partial charge >= 0.3 is 6.09 Å². The van der Waals surface area contributed by atoms with Crippen LogP contribution in [0.3, 0.4) is 0 Å². The number of nitrogens with one attached hydrogen (secondary N) is 2. The molecule has 1 heterocycles. The first kappa shape index (κ1) is 19.9. The monoisotopic (exact) mass is 402 g/mol. The summed E-state index contributed by atoms with van der Waals surface area (Å²) in [7, 11) is 0. The van der Waals surface area contributed by atoms with Gasteiger partial charge in [-0.2, -0.15) is 5.26 Å².